The Balaban J connectivity index is 1.59. The molecule has 186 valence electrons. The molecular weight excluding hydrogens is 429 g/mol. The maximum Gasteiger partial charge on any atom is 0.417 e. The molecule has 1 saturated heterocycles. The van der Waals surface area contributed by atoms with Gasteiger partial charge in [0.1, 0.15) is 0 Å². The van der Waals surface area contributed by atoms with E-state index in [1.165, 1.54) is 0 Å². The van der Waals surface area contributed by atoms with Gasteiger partial charge in [0.15, 0.2) is 5.60 Å². The van der Waals surface area contributed by atoms with E-state index >= 15 is 0 Å². The molecule has 0 aromatic heterocycles. The third-order valence-electron chi connectivity index (χ3n) is 7.82. The van der Waals surface area contributed by atoms with Gasteiger partial charge in [-0.25, -0.2) is 0 Å². The Morgan fingerprint density at radius 1 is 1.09 bits per heavy atom. The average molecular weight is 469 g/mol. The number of hydrogen-bond donors (Lipinski definition) is 2. The van der Waals surface area contributed by atoms with E-state index in [1.54, 1.807) is 0 Å². The number of nitrogens with one attached hydrogen (secondary N) is 1. The Hall–Kier alpha value is -1.60. The number of rotatable bonds is 6. The van der Waals surface area contributed by atoms with Crippen LogP contribution in [0.15, 0.2) is 30.3 Å². The van der Waals surface area contributed by atoms with Crippen LogP contribution in [0.4, 0.5) is 13.2 Å². The van der Waals surface area contributed by atoms with Gasteiger partial charge < -0.3 is 10.4 Å². The van der Waals surface area contributed by atoms with E-state index in [-0.39, 0.29) is 49.2 Å². The minimum Gasteiger partial charge on any atom is -0.380 e. The minimum absolute atomic E-state index is 0.0117. The van der Waals surface area contributed by atoms with E-state index < -0.39 is 11.8 Å². The van der Waals surface area contributed by atoms with Crippen molar-refractivity contribution in [3.8, 4) is 0 Å². The molecule has 1 atom stereocenters. The lowest BCUT2D eigenvalue weighted by Gasteiger charge is -2.42. The molecule has 4 nitrogen and oxygen atoms in total. The summed E-state index contributed by atoms with van der Waals surface area (Å²) < 4.78 is 39.7. The predicted octanol–water partition coefficient (Wildman–Crippen LogP) is 4.96. The normalized spacial score (nSPS) is 25.4. The second-order valence-corrected chi connectivity index (χ2v) is 11.1. The van der Waals surface area contributed by atoms with Gasteiger partial charge in [-0.15, -0.1) is 0 Å². The Kier molecular flexibility index (Phi) is 8.15. The van der Waals surface area contributed by atoms with Gasteiger partial charge in [0.05, 0.1) is 0 Å². The highest BCUT2D eigenvalue weighted by atomic mass is 19.4. The molecule has 2 fully saturated rings. The number of alkyl halides is 3. The zero-order valence-electron chi connectivity index (χ0n) is 20.1. The highest BCUT2D eigenvalue weighted by Gasteiger charge is 2.54. The topological polar surface area (TPSA) is 52.6 Å². The number of hydrogen-bond acceptors (Lipinski definition) is 3. The summed E-state index contributed by atoms with van der Waals surface area (Å²) in [6, 6.07) is 9.70. The number of likely N-dealkylation sites (tertiary alicyclic amines) is 1. The number of amides is 1. The summed E-state index contributed by atoms with van der Waals surface area (Å²) in [4.78, 5) is 14.9. The number of aliphatic hydroxyl groups is 1. The third kappa shape index (κ3) is 6.72. The molecule has 1 heterocycles. The summed E-state index contributed by atoms with van der Waals surface area (Å²) >= 11 is 0. The molecule has 1 unspecified atom stereocenters. The van der Waals surface area contributed by atoms with Gasteiger partial charge in [0.25, 0.3) is 0 Å². The highest BCUT2D eigenvalue weighted by Crippen LogP contribution is 2.40. The fourth-order valence-electron chi connectivity index (χ4n) is 5.34. The second kappa shape index (κ2) is 10.3. The van der Waals surface area contributed by atoms with E-state index in [0.717, 1.165) is 31.2 Å². The second-order valence-electron chi connectivity index (χ2n) is 11.1. The molecule has 0 spiro atoms. The van der Waals surface area contributed by atoms with Crippen LogP contribution >= 0.6 is 0 Å². The molecule has 33 heavy (non-hydrogen) atoms. The predicted molar refractivity (Wildman–Crippen MR) is 124 cm³/mol. The minimum atomic E-state index is -4.62. The van der Waals surface area contributed by atoms with Gasteiger partial charge in [0.2, 0.25) is 5.91 Å². The lowest BCUT2D eigenvalue weighted by molar-refractivity contribution is -0.273. The molecule has 1 saturated carbocycles. The lowest BCUT2D eigenvalue weighted by Crippen LogP contribution is -2.57. The van der Waals surface area contributed by atoms with Crippen LogP contribution in [0.3, 0.4) is 0 Å². The van der Waals surface area contributed by atoms with Crippen molar-refractivity contribution >= 4 is 5.91 Å². The number of nitrogens with zero attached hydrogens (tertiary/aromatic N) is 1. The Morgan fingerprint density at radius 3 is 2.18 bits per heavy atom. The first-order valence-electron chi connectivity index (χ1n) is 12.2. The van der Waals surface area contributed by atoms with Gasteiger partial charge in [-0.3, -0.25) is 9.69 Å². The van der Waals surface area contributed by atoms with E-state index in [2.05, 4.69) is 26.1 Å². The average Bonchev–Trinajstić information content (AvgIpc) is 2.76. The Morgan fingerprint density at radius 2 is 1.67 bits per heavy atom. The van der Waals surface area contributed by atoms with Crippen molar-refractivity contribution in [2.45, 2.75) is 83.5 Å². The first kappa shape index (κ1) is 26.0. The molecule has 2 aliphatic rings. The zero-order valence-corrected chi connectivity index (χ0v) is 20.1. The highest BCUT2D eigenvalue weighted by molar-refractivity contribution is 5.78. The summed E-state index contributed by atoms with van der Waals surface area (Å²) in [5.41, 5.74) is -1.27. The van der Waals surface area contributed by atoms with E-state index in [0.29, 0.717) is 18.9 Å². The SMILES string of the molecule is CC(C)(C)C1CCC(C(=O)NCC(Cc2ccccc2)N2CCC(O)(C(F)(F)F)CC2)CC1. The van der Waals surface area contributed by atoms with Crippen LogP contribution in [0.25, 0.3) is 0 Å². The fourth-order valence-corrected chi connectivity index (χ4v) is 5.34. The molecule has 7 heteroatoms. The van der Waals surface area contributed by atoms with Crippen molar-refractivity contribution in [3.05, 3.63) is 35.9 Å². The van der Waals surface area contributed by atoms with Crippen LogP contribution in [0, 0.1) is 17.3 Å². The van der Waals surface area contributed by atoms with E-state index in [9.17, 15) is 23.1 Å². The first-order chi connectivity index (χ1) is 15.4. The molecule has 1 aromatic carbocycles. The van der Waals surface area contributed by atoms with E-state index in [4.69, 9.17) is 0 Å². The maximum atomic E-state index is 13.2. The molecule has 3 rings (SSSR count). The van der Waals surface area contributed by atoms with Crippen molar-refractivity contribution in [1.82, 2.24) is 10.2 Å². The Labute approximate surface area is 195 Å². The maximum absolute atomic E-state index is 13.2. The summed E-state index contributed by atoms with van der Waals surface area (Å²) in [6.07, 6.45) is -0.775. The number of carbonyl (C=O) groups is 1. The number of benzene rings is 1. The fraction of sp³-hybridized carbons (Fsp3) is 0.731. The van der Waals surface area contributed by atoms with Crippen LogP contribution in [0.2, 0.25) is 0 Å². The van der Waals surface area contributed by atoms with Crippen molar-refractivity contribution in [1.29, 1.82) is 0 Å². The van der Waals surface area contributed by atoms with Crippen LogP contribution in [-0.4, -0.2) is 53.4 Å². The molecule has 1 amide bonds. The van der Waals surface area contributed by atoms with Crippen molar-refractivity contribution in [3.63, 3.8) is 0 Å². The molecule has 1 aliphatic carbocycles. The smallest absolute Gasteiger partial charge is 0.380 e. The van der Waals surface area contributed by atoms with Crippen LogP contribution in [-0.2, 0) is 11.2 Å². The van der Waals surface area contributed by atoms with Gasteiger partial charge >= 0.3 is 6.18 Å². The largest absolute Gasteiger partial charge is 0.417 e. The van der Waals surface area contributed by atoms with Crippen LogP contribution < -0.4 is 5.32 Å². The molecule has 0 bridgehead atoms. The van der Waals surface area contributed by atoms with Gasteiger partial charge in [-0.1, -0.05) is 51.1 Å². The van der Waals surface area contributed by atoms with Gasteiger partial charge in [-0.05, 0) is 61.8 Å². The number of piperidine rings is 1. The third-order valence-corrected chi connectivity index (χ3v) is 7.82. The molecular formula is C26H39F3N2O2. The van der Waals surface area contributed by atoms with Crippen molar-refractivity contribution in [2.75, 3.05) is 19.6 Å². The molecule has 1 aromatic rings. The molecule has 0 radical (unpaired) electrons. The number of halogens is 3. The lowest BCUT2D eigenvalue weighted by atomic mass is 9.69. The molecule has 1 aliphatic heterocycles. The summed E-state index contributed by atoms with van der Waals surface area (Å²) in [5, 5.41) is 13.2. The van der Waals surface area contributed by atoms with E-state index in [1.807, 2.05) is 35.2 Å². The van der Waals surface area contributed by atoms with Crippen molar-refractivity contribution in [2.24, 2.45) is 17.3 Å². The van der Waals surface area contributed by atoms with Crippen LogP contribution in [0.5, 0.6) is 0 Å². The zero-order chi connectivity index (χ0) is 24.3. The molecule has 2 N–H and O–H groups in total. The Bertz CT molecular complexity index is 760. The van der Waals surface area contributed by atoms with Gasteiger partial charge in [-0.2, -0.15) is 13.2 Å². The summed E-state index contributed by atoms with van der Waals surface area (Å²) in [5.74, 6) is 0.704. The summed E-state index contributed by atoms with van der Waals surface area (Å²) in [6.45, 7) is 7.47. The van der Waals surface area contributed by atoms with Gasteiger partial charge in [0, 0.05) is 31.6 Å². The standard InChI is InChI=1S/C26H39F3N2O2/c1-24(2,3)21-11-9-20(10-12-21)23(32)30-18-22(17-19-7-5-4-6-8-19)31-15-13-25(33,14-16-31)26(27,28)29/h4-8,20-22,33H,9-18H2,1-3H3,(H,30,32). The first-order valence-corrected chi connectivity index (χ1v) is 12.2. The monoisotopic (exact) mass is 468 g/mol. The number of carbonyl (C=O) groups excluding carboxylic acids is 1. The van der Waals surface area contributed by atoms with Crippen molar-refractivity contribution < 1.29 is 23.1 Å². The quantitative estimate of drug-likeness (QED) is 0.621. The van der Waals surface area contributed by atoms with Crippen LogP contribution in [0.1, 0.15) is 64.9 Å². The summed E-state index contributed by atoms with van der Waals surface area (Å²) in [7, 11) is 0.